The molecule has 0 heterocycles. The van der Waals surface area contributed by atoms with E-state index in [-0.39, 0.29) is 4.75 Å². The van der Waals surface area contributed by atoms with Gasteiger partial charge < -0.3 is 4.55 Å². The van der Waals surface area contributed by atoms with Gasteiger partial charge in [0.1, 0.15) is 0 Å². The lowest BCUT2D eigenvalue weighted by Gasteiger charge is -2.20. The Morgan fingerprint density at radius 3 is 1.78 bits per heavy atom. The molecule has 0 aromatic carbocycles. The molecule has 0 radical (unpaired) electrons. The van der Waals surface area contributed by atoms with Crippen LogP contribution in [0.4, 0.5) is 0 Å². The second-order valence-electron chi connectivity index (χ2n) is 2.41. The number of rotatable bonds is 3. The molecule has 0 aromatic heterocycles. The summed E-state index contributed by atoms with van der Waals surface area (Å²) in [5.41, 5.74) is 0. The molecule has 0 fully saturated rings. The van der Waals surface area contributed by atoms with Crippen LogP contribution in [0.15, 0.2) is 0 Å². The van der Waals surface area contributed by atoms with E-state index in [0.717, 1.165) is 12.8 Å². The van der Waals surface area contributed by atoms with Crippen molar-refractivity contribution < 1.29 is 8.76 Å². The predicted octanol–water partition coefficient (Wildman–Crippen LogP) is 1.79. The molecule has 0 aromatic rings. The van der Waals surface area contributed by atoms with Crippen molar-refractivity contribution in [2.45, 2.75) is 38.4 Å². The maximum Gasteiger partial charge on any atom is 0.158 e. The molecule has 0 saturated carbocycles. The highest BCUT2D eigenvalue weighted by Gasteiger charge is 2.25. The van der Waals surface area contributed by atoms with Crippen LogP contribution < -0.4 is 0 Å². The average Bonchev–Trinajstić information content (AvgIpc) is 1.86. The van der Waals surface area contributed by atoms with Gasteiger partial charge in [0.25, 0.3) is 0 Å². The molecule has 3 heteroatoms. The Morgan fingerprint density at radius 1 is 1.44 bits per heavy atom. The van der Waals surface area contributed by atoms with Gasteiger partial charge in [-0.3, -0.25) is 0 Å². The summed E-state index contributed by atoms with van der Waals surface area (Å²) in [7, 11) is 0. The van der Waals surface area contributed by atoms with Crippen LogP contribution in [0.1, 0.15) is 33.6 Å². The van der Waals surface area contributed by atoms with Gasteiger partial charge in [-0.1, -0.05) is 13.8 Å². The van der Waals surface area contributed by atoms with Gasteiger partial charge in [-0.15, -0.1) is 0 Å². The highest BCUT2D eigenvalue weighted by molar-refractivity contribution is 7.80. The Labute approximate surface area is 58.9 Å². The smallest absolute Gasteiger partial charge is 0.158 e. The first-order chi connectivity index (χ1) is 4.06. The first-order valence-corrected chi connectivity index (χ1v) is 4.28. The molecule has 0 saturated heterocycles. The summed E-state index contributed by atoms with van der Waals surface area (Å²) >= 11 is -1.67. The minimum absolute atomic E-state index is 0.389. The summed E-state index contributed by atoms with van der Waals surface area (Å²) in [5, 5.41) is 0. The number of hydrogen-bond donors (Lipinski definition) is 1. The monoisotopic (exact) mass is 150 g/mol. The van der Waals surface area contributed by atoms with E-state index in [9.17, 15) is 4.21 Å². The SMILES string of the molecule is CCC(C)(CC)S(=O)O. The fourth-order valence-corrected chi connectivity index (χ4v) is 0.991. The van der Waals surface area contributed by atoms with E-state index >= 15 is 0 Å². The van der Waals surface area contributed by atoms with Gasteiger partial charge in [-0.2, -0.15) is 0 Å². The first kappa shape index (κ1) is 9.11. The lowest BCUT2D eigenvalue weighted by molar-refractivity contribution is 0.483. The third kappa shape index (κ3) is 2.06. The van der Waals surface area contributed by atoms with Crippen molar-refractivity contribution in [3.05, 3.63) is 0 Å². The fourth-order valence-electron chi connectivity index (χ4n) is 0.497. The average molecular weight is 150 g/mol. The highest BCUT2D eigenvalue weighted by Crippen LogP contribution is 2.20. The lowest BCUT2D eigenvalue weighted by atomic mass is 10.1. The van der Waals surface area contributed by atoms with Gasteiger partial charge in [0.15, 0.2) is 11.1 Å². The van der Waals surface area contributed by atoms with Crippen molar-refractivity contribution in [2.24, 2.45) is 0 Å². The summed E-state index contributed by atoms with van der Waals surface area (Å²) in [6, 6.07) is 0. The molecule has 1 atom stereocenters. The zero-order chi connectivity index (χ0) is 7.49. The van der Waals surface area contributed by atoms with E-state index in [2.05, 4.69) is 0 Å². The Hall–Kier alpha value is 0.110. The van der Waals surface area contributed by atoms with E-state index in [1.807, 2.05) is 20.8 Å². The van der Waals surface area contributed by atoms with Crippen molar-refractivity contribution >= 4 is 11.1 Å². The third-order valence-electron chi connectivity index (χ3n) is 1.92. The van der Waals surface area contributed by atoms with Gasteiger partial charge in [0, 0.05) is 0 Å². The van der Waals surface area contributed by atoms with E-state index in [0.29, 0.717) is 0 Å². The minimum Gasteiger partial charge on any atom is -0.306 e. The molecule has 1 N–H and O–H groups in total. The molecule has 2 nitrogen and oxygen atoms in total. The molecule has 0 aliphatic rings. The van der Waals surface area contributed by atoms with E-state index in [1.54, 1.807) is 0 Å². The maximum absolute atomic E-state index is 10.6. The molecule has 56 valence electrons. The Morgan fingerprint density at radius 2 is 1.78 bits per heavy atom. The van der Waals surface area contributed by atoms with Crippen molar-refractivity contribution in [3.63, 3.8) is 0 Å². The topological polar surface area (TPSA) is 37.3 Å². The third-order valence-corrected chi connectivity index (χ3v) is 3.34. The zero-order valence-electron chi connectivity index (χ0n) is 6.18. The minimum atomic E-state index is -1.67. The maximum atomic E-state index is 10.6. The Balaban J connectivity index is 4.09. The standard InChI is InChI=1S/C6H14O2S/c1-4-6(3,5-2)9(7)8/h4-5H2,1-3H3,(H,7,8). The first-order valence-electron chi connectivity index (χ1n) is 3.17. The predicted molar refractivity (Wildman–Crippen MR) is 39.8 cm³/mol. The summed E-state index contributed by atoms with van der Waals surface area (Å²) < 4.78 is 18.9. The van der Waals surface area contributed by atoms with Crippen LogP contribution in [0.2, 0.25) is 0 Å². The fraction of sp³-hybridized carbons (Fsp3) is 1.00. The molecular weight excluding hydrogens is 136 g/mol. The zero-order valence-corrected chi connectivity index (χ0v) is 6.99. The molecule has 0 bridgehead atoms. The van der Waals surface area contributed by atoms with Gasteiger partial charge in [-0.25, -0.2) is 4.21 Å². The largest absolute Gasteiger partial charge is 0.306 e. The van der Waals surface area contributed by atoms with Gasteiger partial charge in [0.05, 0.1) is 4.75 Å². The van der Waals surface area contributed by atoms with Crippen molar-refractivity contribution in [1.82, 2.24) is 0 Å². The van der Waals surface area contributed by atoms with Gasteiger partial charge in [0.2, 0.25) is 0 Å². The van der Waals surface area contributed by atoms with Crippen LogP contribution in [0.25, 0.3) is 0 Å². The van der Waals surface area contributed by atoms with Crippen molar-refractivity contribution in [1.29, 1.82) is 0 Å². The van der Waals surface area contributed by atoms with Gasteiger partial charge >= 0.3 is 0 Å². The van der Waals surface area contributed by atoms with E-state index < -0.39 is 11.1 Å². The van der Waals surface area contributed by atoms with E-state index in [1.165, 1.54) is 0 Å². The summed E-state index contributed by atoms with van der Waals surface area (Å²) in [6.45, 7) is 5.68. The molecule has 0 amide bonds. The number of hydrogen-bond acceptors (Lipinski definition) is 1. The molecule has 0 spiro atoms. The lowest BCUT2D eigenvalue weighted by Crippen LogP contribution is -2.27. The van der Waals surface area contributed by atoms with Crippen LogP contribution in [-0.4, -0.2) is 13.5 Å². The molecule has 0 rings (SSSR count). The van der Waals surface area contributed by atoms with Crippen LogP contribution in [-0.2, 0) is 11.1 Å². The molecular formula is C6H14O2S. The van der Waals surface area contributed by atoms with Crippen LogP contribution in [0.5, 0.6) is 0 Å². The summed E-state index contributed by atoms with van der Waals surface area (Å²) in [4.78, 5) is 0. The van der Waals surface area contributed by atoms with Crippen LogP contribution >= 0.6 is 0 Å². The van der Waals surface area contributed by atoms with Crippen molar-refractivity contribution in [3.8, 4) is 0 Å². The summed E-state index contributed by atoms with van der Waals surface area (Å²) in [6.07, 6.45) is 1.51. The van der Waals surface area contributed by atoms with Crippen LogP contribution in [0, 0.1) is 0 Å². The quantitative estimate of drug-likeness (QED) is 0.623. The highest BCUT2D eigenvalue weighted by atomic mass is 32.2. The van der Waals surface area contributed by atoms with Crippen molar-refractivity contribution in [2.75, 3.05) is 0 Å². The van der Waals surface area contributed by atoms with Gasteiger partial charge in [-0.05, 0) is 19.8 Å². The molecule has 0 aliphatic carbocycles. The summed E-state index contributed by atoms with van der Waals surface area (Å²) in [5.74, 6) is 0. The second-order valence-corrected chi connectivity index (χ2v) is 3.89. The van der Waals surface area contributed by atoms with E-state index in [4.69, 9.17) is 4.55 Å². The second kappa shape index (κ2) is 3.32. The molecule has 1 unspecified atom stereocenters. The Bertz CT molecular complexity index is 108. The normalized spacial score (nSPS) is 15.6. The Kier molecular flexibility index (Phi) is 3.36. The van der Waals surface area contributed by atoms with Crippen LogP contribution in [0.3, 0.4) is 0 Å². The molecule has 0 aliphatic heterocycles. The molecule has 9 heavy (non-hydrogen) atoms.